The Morgan fingerprint density at radius 3 is 2.45 bits per heavy atom. The van der Waals surface area contributed by atoms with Gasteiger partial charge < -0.3 is 5.32 Å². The maximum atomic E-state index is 12.8. The van der Waals surface area contributed by atoms with E-state index in [0.29, 0.717) is 12.2 Å². The lowest BCUT2D eigenvalue weighted by molar-refractivity contribution is -0.384. The van der Waals surface area contributed by atoms with Gasteiger partial charge in [-0.25, -0.2) is 4.39 Å². The van der Waals surface area contributed by atoms with Gasteiger partial charge in [-0.2, -0.15) is 0 Å². The number of nitro groups is 1. The number of benzene rings is 2. The molecule has 2 aromatic rings. The first kappa shape index (κ1) is 14.0. The van der Waals surface area contributed by atoms with Crippen LogP contribution >= 0.6 is 0 Å². The Bertz CT molecular complexity index is 639. The van der Waals surface area contributed by atoms with E-state index < -0.39 is 4.92 Å². The van der Waals surface area contributed by atoms with Gasteiger partial charge in [-0.05, 0) is 42.7 Å². The molecule has 0 saturated heterocycles. The molecule has 0 fully saturated rings. The summed E-state index contributed by atoms with van der Waals surface area (Å²) in [6.07, 6.45) is 0. The lowest BCUT2D eigenvalue weighted by Crippen LogP contribution is -2.05. The van der Waals surface area contributed by atoms with E-state index in [0.717, 1.165) is 16.7 Å². The molecular formula is C15H15FN2O2. The van der Waals surface area contributed by atoms with Crippen molar-refractivity contribution in [2.45, 2.75) is 20.4 Å². The van der Waals surface area contributed by atoms with E-state index in [2.05, 4.69) is 5.32 Å². The van der Waals surface area contributed by atoms with Gasteiger partial charge in [-0.15, -0.1) is 0 Å². The normalized spacial score (nSPS) is 10.3. The van der Waals surface area contributed by atoms with Crippen LogP contribution in [0, 0.1) is 29.8 Å². The minimum absolute atomic E-state index is 0.0598. The fraction of sp³-hybridized carbons (Fsp3) is 0.200. The molecule has 0 aromatic heterocycles. The molecule has 0 heterocycles. The molecule has 0 aliphatic heterocycles. The molecule has 2 rings (SSSR count). The fourth-order valence-electron chi connectivity index (χ4n) is 2.11. The molecule has 5 heteroatoms. The summed E-state index contributed by atoms with van der Waals surface area (Å²) in [6, 6.07) is 9.47. The van der Waals surface area contributed by atoms with Gasteiger partial charge in [0.1, 0.15) is 11.5 Å². The molecule has 0 aliphatic carbocycles. The number of hydrogen-bond acceptors (Lipinski definition) is 3. The number of nitrogens with zero attached hydrogens (tertiary/aromatic N) is 1. The number of halogens is 1. The van der Waals surface area contributed by atoms with E-state index in [-0.39, 0.29) is 11.5 Å². The van der Waals surface area contributed by atoms with Crippen molar-refractivity contribution in [1.82, 2.24) is 0 Å². The highest BCUT2D eigenvalue weighted by molar-refractivity contribution is 5.67. The van der Waals surface area contributed by atoms with E-state index in [4.69, 9.17) is 0 Å². The molecule has 0 bridgehead atoms. The molecule has 0 atom stereocenters. The topological polar surface area (TPSA) is 55.2 Å². The zero-order chi connectivity index (χ0) is 14.7. The van der Waals surface area contributed by atoms with Crippen LogP contribution < -0.4 is 5.32 Å². The predicted octanol–water partition coefficient (Wildman–Crippen LogP) is 3.96. The predicted molar refractivity (Wildman–Crippen MR) is 76.3 cm³/mol. The molecule has 20 heavy (non-hydrogen) atoms. The Labute approximate surface area is 116 Å². The molecule has 4 nitrogen and oxygen atoms in total. The van der Waals surface area contributed by atoms with Crippen molar-refractivity contribution in [2.75, 3.05) is 5.32 Å². The lowest BCUT2D eigenvalue weighted by Gasteiger charge is -2.11. The largest absolute Gasteiger partial charge is 0.375 e. The van der Waals surface area contributed by atoms with Crippen LogP contribution in [0.1, 0.15) is 16.7 Å². The average Bonchev–Trinajstić information content (AvgIpc) is 2.38. The number of anilines is 1. The van der Waals surface area contributed by atoms with Crippen LogP contribution in [0.15, 0.2) is 36.4 Å². The van der Waals surface area contributed by atoms with Crippen molar-refractivity contribution in [1.29, 1.82) is 0 Å². The van der Waals surface area contributed by atoms with Crippen LogP contribution in [-0.2, 0) is 6.54 Å². The Morgan fingerprint density at radius 1 is 1.20 bits per heavy atom. The Kier molecular flexibility index (Phi) is 3.98. The molecule has 0 aliphatic rings. The number of rotatable bonds is 4. The van der Waals surface area contributed by atoms with Crippen molar-refractivity contribution in [3.63, 3.8) is 0 Å². The van der Waals surface area contributed by atoms with Gasteiger partial charge in [-0.3, -0.25) is 10.1 Å². The van der Waals surface area contributed by atoms with Crippen molar-refractivity contribution in [2.24, 2.45) is 0 Å². The summed E-state index contributed by atoms with van der Waals surface area (Å²) in [5.74, 6) is -0.300. The highest BCUT2D eigenvalue weighted by atomic mass is 19.1. The van der Waals surface area contributed by atoms with Gasteiger partial charge in [0.05, 0.1) is 4.92 Å². The van der Waals surface area contributed by atoms with E-state index >= 15 is 0 Å². The van der Waals surface area contributed by atoms with Gasteiger partial charge in [-0.1, -0.05) is 18.2 Å². The Balaban J connectivity index is 2.24. The zero-order valence-corrected chi connectivity index (χ0v) is 11.3. The van der Waals surface area contributed by atoms with Crippen molar-refractivity contribution in [3.8, 4) is 0 Å². The van der Waals surface area contributed by atoms with E-state index in [9.17, 15) is 14.5 Å². The van der Waals surface area contributed by atoms with Gasteiger partial charge in [0.25, 0.3) is 5.69 Å². The second kappa shape index (κ2) is 5.69. The monoisotopic (exact) mass is 274 g/mol. The van der Waals surface area contributed by atoms with Crippen molar-refractivity contribution >= 4 is 11.4 Å². The molecule has 2 aromatic carbocycles. The summed E-state index contributed by atoms with van der Waals surface area (Å²) in [5, 5.41) is 14.2. The molecule has 0 unspecified atom stereocenters. The molecule has 0 amide bonds. The fourth-order valence-corrected chi connectivity index (χ4v) is 2.11. The van der Waals surface area contributed by atoms with Crippen LogP contribution in [0.3, 0.4) is 0 Å². The smallest absolute Gasteiger partial charge is 0.292 e. The van der Waals surface area contributed by atoms with Gasteiger partial charge in [0.2, 0.25) is 0 Å². The third-order valence-electron chi connectivity index (χ3n) is 3.04. The zero-order valence-electron chi connectivity index (χ0n) is 11.3. The van der Waals surface area contributed by atoms with Gasteiger partial charge in [0, 0.05) is 12.6 Å². The highest BCUT2D eigenvalue weighted by Gasteiger charge is 2.16. The molecular weight excluding hydrogens is 259 g/mol. The van der Waals surface area contributed by atoms with Crippen LogP contribution in [-0.4, -0.2) is 4.92 Å². The van der Waals surface area contributed by atoms with Crippen LogP contribution in [0.4, 0.5) is 15.8 Å². The first-order valence-electron chi connectivity index (χ1n) is 6.21. The first-order valence-corrected chi connectivity index (χ1v) is 6.21. The summed E-state index contributed by atoms with van der Waals surface area (Å²) in [4.78, 5) is 10.7. The molecule has 0 radical (unpaired) electrons. The van der Waals surface area contributed by atoms with Crippen LogP contribution in [0.25, 0.3) is 0 Å². The van der Waals surface area contributed by atoms with E-state index in [1.165, 1.54) is 12.1 Å². The molecule has 104 valence electrons. The maximum absolute atomic E-state index is 12.8. The summed E-state index contributed by atoms with van der Waals surface area (Å²) < 4.78 is 12.8. The average molecular weight is 274 g/mol. The van der Waals surface area contributed by atoms with Crippen molar-refractivity contribution in [3.05, 3.63) is 69.0 Å². The third kappa shape index (κ3) is 3.12. The van der Waals surface area contributed by atoms with Crippen LogP contribution in [0.2, 0.25) is 0 Å². The lowest BCUT2D eigenvalue weighted by atomic mass is 10.1. The number of aryl methyl sites for hydroxylation is 2. The second-order valence-corrected chi connectivity index (χ2v) is 4.71. The summed E-state index contributed by atoms with van der Waals surface area (Å²) in [5.41, 5.74) is 3.09. The number of hydrogen-bond donors (Lipinski definition) is 1. The standard InChI is InChI=1S/C15H15FN2O2/c1-10-7-11(2)15(14(8-10)18(19)20)17-9-12-3-5-13(16)6-4-12/h3-8,17H,9H2,1-2H3. The van der Waals surface area contributed by atoms with E-state index in [1.54, 1.807) is 18.2 Å². The first-order chi connectivity index (χ1) is 9.47. The van der Waals surface area contributed by atoms with Crippen LogP contribution in [0.5, 0.6) is 0 Å². The maximum Gasteiger partial charge on any atom is 0.292 e. The Hall–Kier alpha value is -2.43. The van der Waals surface area contributed by atoms with E-state index in [1.807, 2.05) is 19.9 Å². The van der Waals surface area contributed by atoms with Gasteiger partial charge in [0.15, 0.2) is 0 Å². The SMILES string of the molecule is Cc1cc(C)c(NCc2ccc(F)cc2)c([N+](=O)[O-])c1. The van der Waals surface area contributed by atoms with Crippen molar-refractivity contribution < 1.29 is 9.31 Å². The quantitative estimate of drug-likeness (QED) is 0.678. The minimum atomic E-state index is -0.396. The molecule has 0 saturated carbocycles. The Morgan fingerprint density at radius 2 is 1.85 bits per heavy atom. The molecule has 0 spiro atoms. The number of nitrogens with one attached hydrogen (secondary N) is 1. The minimum Gasteiger partial charge on any atom is -0.375 e. The van der Waals surface area contributed by atoms with Gasteiger partial charge >= 0.3 is 0 Å². The highest BCUT2D eigenvalue weighted by Crippen LogP contribution is 2.29. The molecule has 1 N–H and O–H groups in total. The summed E-state index contributed by atoms with van der Waals surface area (Å²) in [6.45, 7) is 4.06. The third-order valence-corrected chi connectivity index (χ3v) is 3.04. The summed E-state index contributed by atoms with van der Waals surface area (Å²) >= 11 is 0. The second-order valence-electron chi connectivity index (χ2n) is 4.71. The summed E-state index contributed by atoms with van der Waals surface area (Å²) in [7, 11) is 0. The number of nitro benzene ring substituents is 1.